The minimum absolute atomic E-state index is 0.158. The first-order chi connectivity index (χ1) is 7.50. The summed E-state index contributed by atoms with van der Waals surface area (Å²) < 4.78 is 6.40. The average molecular weight is 242 g/mol. The molecule has 1 N–H and O–H groups in total. The zero-order chi connectivity index (χ0) is 11.9. The van der Waals surface area contributed by atoms with Gasteiger partial charge < -0.3 is 9.63 Å². The van der Waals surface area contributed by atoms with Crippen LogP contribution in [0.25, 0.3) is 11.3 Å². The first-order valence-corrected chi connectivity index (χ1v) is 4.78. The molecule has 0 spiro atoms. The predicted molar refractivity (Wildman–Crippen MR) is 55.4 cm³/mol. The molecular weight excluding hydrogens is 234 g/mol. The maximum absolute atomic E-state index is 10.6. The van der Waals surface area contributed by atoms with Gasteiger partial charge in [0.2, 0.25) is 0 Å². The summed E-state index contributed by atoms with van der Waals surface area (Å²) in [6.07, 6.45) is 0. The highest BCUT2D eigenvalue weighted by Gasteiger charge is 2.19. The van der Waals surface area contributed by atoms with Crippen molar-refractivity contribution in [3.05, 3.63) is 22.6 Å². The molecule has 0 unspecified atom stereocenters. The van der Waals surface area contributed by atoms with Crippen LogP contribution >= 0.6 is 11.6 Å². The highest BCUT2D eigenvalue weighted by molar-refractivity contribution is 6.32. The summed E-state index contributed by atoms with van der Waals surface area (Å²) in [4.78, 5) is 10.6. The minimum atomic E-state index is -1.15. The smallest absolute Gasteiger partial charge is 0.358 e. The van der Waals surface area contributed by atoms with Crippen molar-refractivity contribution in [2.24, 2.45) is 7.05 Å². The van der Waals surface area contributed by atoms with Gasteiger partial charge in [-0.3, -0.25) is 4.68 Å². The van der Waals surface area contributed by atoms with Crippen LogP contribution in [-0.2, 0) is 7.05 Å². The van der Waals surface area contributed by atoms with Crippen LogP contribution in [0.1, 0.15) is 16.2 Å². The summed E-state index contributed by atoms with van der Waals surface area (Å²) in [7, 11) is 1.69. The topological polar surface area (TPSA) is 81.2 Å². The van der Waals surface area contributed by atoms with Crippen LogP contribution in [0.4, 0.5) is 0 Å². The van der Waals surface area contributed by atoms with Crippen LogP contribution in [0.3, 0.4) is 0 Å². The lowest BCUT2D eigenvalue weighted by atomic mass is 10.2. The Balaban J connectivity index is 2.54. The first-order valence-electron chi connectivity index (χ1n) is 4.40. The van der Waals surface area contributed by atoms with E-state index in [0.29, 0.717) is 22.2 Å². The van der Waals surface area contributed by atoms with Crippen LogP contribution in [0, 0.1) is 6.92 Å². The van der Waals surface area contributed by atoms with Crippen molar-refractivity contribution in [3.63, 3.8) is 0 Å². The highest BCUT2D eigenvalue weighted by Crippen LogP contribution is 2.30. The van der Waals surface area contributed by atoms with Gasteiger partial charge in [0.05, 0.1) is 11.3 Å². The Bertz CT molecular complexity index is 558. The summed E-state index contributed by atoms with van der Waals surface area (Å²) in [5.74, 6) is -0.847. The Morgan fingerprint density at radius 1 is 1.62 bits per heavy atom. The standard InChI is InChI=1S/C9H8ClN3O3/c1-4-7(8(10)13(2)11-4)6-3-5(9(14)15)12-16-6/h3H,1-2H3,(H,14,15). The van der Waals surface area contributed by atoms with E-state index < -0.39 is 5.97 Å². The van der Waals surface area contributed by atoms with Gasteiger partial charge in [-0.15, -0.1) is 0 Å². The molecule has 84 valence electrons. The van der Waals surface area contributed by atoms with Crippen molar-refractivity contribution in [1.29, 1.82) is 0 Å². The minimum Gasteiger partial charge on any atom is -0.476 e. The van der Waals surface area contributed by atoms with Crippen LogP contribution in [0.2, 0.25) is 5.15 Å². The lowest BCUT2D eigenvalue weighted by molar-refractivity contribution is 0.0686. The SMILES string of the molecule is Cc1nn(C)c(Cl)c1-c1cc(C(=O)O)no1. The van der Waals surface area contributed by atoms with E-state index >= 15 is 0 Å². The zero-order valence-electron chi connectivity index (χ0n) is 8.56. The Morgan fingerprint density at radius 2 is 2.31 bits per heavy atom. The third kappa shape index (κ3) is 1.57. The second-order valence-corrected chi connectivity index (χ2v) is 3.61. The second kappa shape index (κ2) is 3.64. The number of carbonyl (C=O) groups is 1. The quantitative estimate of drug-likeness (QED) is 0.866. The summed E-state index contributed by atoms with van der Waals surface area (Å²) in [6, 6.07) is 1.32. The summed E-state index contributed by atoms with van der Waals surface area (Å²) in [6.45, 7) is 1.75. The van der Waals surface area contributed by atoms with Crippen LogP contribution in [-0.4, -0.2) is 26.0 Å². The monoisotopic (exact) mass is 241 g/mol. The van der Waals surface area contributed by atoms with E-state index in [1.807, 2.05) is 0 Å². The molecule has 2 aromatic heterocycles. The van der Waals surface area contributed by atoms with Gasteiger partial charge in [0.25, 0.3) is 0 Å². The molecule has 0 aromatic carbocycles. The Kier molecular flexibility index (Phi) is 2.43. The van der Waals surface area contributed by atoms with E-state index in [4.69, 9.17) is 21.2 Å². The molecule has 7 heteroatoms. The predicted octanol–water partition coefficient (Wildman–Crippen LogP) is 1.74. The summed E-state index contributed by atoms with van der Waals surface area (Å²) >= 11 is 6.00. The van der Waals surface area contributed by atoms with E-state index in [2.05, 4.69) is 10.3 Å². The van der Waals surface area contributed by atoms with E-state index in [9.17, 15) is 4.79 Å². The van der Waals surface area contributed by atoms with Crippen LogP contribution in [0.15, 0.2) is 10.6 Å². The lowest BCUT2D eigenvalue weighted by Crippen LogP contribution is -1.94. The molecule has 0 saturated heterocycles. The fraction of sp³-hybridized carbons (Fsp3) is 0.222. The number of hydrogen-bond acceptors (Lipinski definition) is 4. The van der Waals surface area contributed by atoms with E-state index in [1.165, 1.54) is 10.7 Å². The highest BCUT2D eigenvalue weighted by atomic mass is 35.5. The number of aromatic carboxylic acids is 1. The van der Waals surface area contributed by atoms with Crippen LogP contribution in [0.5, 0.6) is 0 Å². The van der Waals surface area contributed by atoms with Crippen molar-refractivity contribution in [3.8, 4) is 11.3 Å². The molecule has 0 amide bonds. The zero-order valence-corrected chi connectivity index (χ0v) is 9.32. The third-order valence-electron chi connectivity index (χ3n) is 2.13. The van der Waals surface area contributed by atoms with Gasteiger partial charge in [0, 0.05) is 13.1 Å². The number of carboxylic acid groups (broad SMARTS) is 1. The molecule has 0 bridgehead atoms. The molecule has 0 aliphatic carbocycles. The van der Waals surface area contributed by atoms with Crippen LogP contribution < -0.4 is 0 Å². The molecule has 0 fully saturated rings. The van der Waals surface area contributed by atoms with Crippen molar-refractivity contribution >= 4 is 17.6 Å². The molecule has 16 heavy (non-hydrogen) atoms. The molecule has 2 heterocycles. The van der Waals surface area contributed by atoms with Gasteiger partial charge in [0.1, 0.15) is 5.15 Å². The molecule has 6 nitrogen and oxygen atoms in total. The molecule has 2 aromatic rings. The second-order valence-electron chi connectivity index (χ2n) is 3.26. The summed E-state index contributed by atoms with van der Waals surface area (Å²) in [5.41, 5.74) is 1.05. The van der Waals surface area contributed by atoms with E-state index in [0.717, 1.165) is 0 Å². The number of hydrogen-bond donors (Lipinski definition) is 1. The number of halogens is 1. The van der Waals surface area contributed by atoms with Gasteiger partial charge in [-0.25, -0.2) is 4.79 Å². The number of aromatic nitrogens is 3. The molecule has 2 rings (SSSR count). The number of rotatable bonds is 2. The van der Waals surface area contributed by atoms with E-state index in [-0.39, 0.29) is 5.69 Å². The molecule has 0 saturated carbocycles. The van der Waals surface area contributed by atoms with Gasteiger partial charge in [-0.05, 0) is 6.92 Å². The van der Waals surface area contributed by atoms with Gasteiger partial charge in [-0.1, -0.05) is 16.8 Å². The van der Waals surface area contributed by atoms with Crippen molar-refractivity contribution in [2.45, 2.75) is 6.92 Å². The Morgan fingerprint density at radius 3 is 2.75 bits per heavy atom. The normalized spacial score (nSPS) is 10.7. The fourth-order valence-electron chi connectivity index (χ4n) is 1.40. The summed E-state index contributed by atoms with van der Waals surface area (Å²) in [5, 5.41) is 16.6. The largest absolute Gasteiger partial charge is 0.476 e. The maximum atomic E-state index is 10.6. The van der Waals surface area contributed by atoms with Crippen molar-refractivity contribution < 1.29 is 14.4 Å². The molecule has 0 atom stereocenters. The van der Waals surface area contributed by atoms with E-state index in [1.54, 1.807) is 14.0 Å². The number of carboxylic acids is 1. The van der Waals surface area contributed by atoms with Gasteiger partial charge >= 0.3 is 5.97 Å². The molecule has 0 aliphatic rings. The third-order valence-corrected chi connectivity index (χ3v) is 2.56. The number of nitrogens with zero attached hydrogens (tertiary/aromatic N) is 3. The Hall–Kier alpha value is -1.82. The molecular formula is C9H8ClN3O3. The van der Waals surface area contributed by atoms with Gasteiger partial charge in [-0.2, -0.15) is 5.10 Å². The Labute approximate surface area is 95.4 Å². The van der Waals surface area contributed by atoms with Gasteiger partial charge in [0.15, 0.2) is 11.5 Å². The maximum Gasteiger partial charge on any atom is 0.358 e. The lowest BCUT2D eigenvalue weighted by Gasteiger charge is -1.92. The number of aryl methyl sites for hydroxylation is 2. The molecule has 0 aliphatic heterocycles. The van der Waals surface area contributed by atoms with Crippen molar-refractivity contribution in [2.75, 3.05) is 0 Å². The molecule has 0 radical (unpaired) electrons. The van der Waals surface area contributed by atoms with Crippen molar-refractivity contribution in [1.82, 2.24) is 14.9 Å². The average Bonchev–Trinajstić information content (AvgIpc) is 2.74. The first kappa shape index (κ1) is 10.7. The fourth-order valence-corrected chi connectivity index (χ4v) is 1.67.